The van der Waals surface area contributed by atoms with Crippen LogP contribution in [0.3, 0.4) is 0 Å². The van der Waals surface area contributed by atoms with Gasteiger partial charge in [0.2, 0.25) is 5.91 Å². The number of rotatable bonds is 7. The van der Waals surface area contributed by atoms with Crippen molar-refractivity contribution in [1.82, 2.24) is 9.78 Å². The summed E-state index contributed by atoms with van der Waals surface area (Å²) in [6, 6.07) is 3.79. The van der Waals surface area contributed by atoms with Crippen molar-refractivity contribution in [3.05, 3.63) is 39.1 Å². The summed E-state index contributed by atoms with van der Waals surface area (Å²) in [5.74, 6) is -0.656. The minimum absolute atomic E-state index is 0.0902. The molecule has 3 rings (SSSR count). The lowest BCUT2D eigenvalue weighted by atomic mass is 10.2. The number of aromatic nitrogens is 2. The quantitative estimate of drug-likeness (QED) is 0.555. The number of hydrogen-bond donors (Lipinski definition) is 1. The number of ether oxygens (including phenoxy) is 1. The summed E-state index contributed by atoms with van der Waals surface area (Å²) < 4.78 is 56.3. The molecule has 0 saturated heterocycles. The van der Waals surface area contributed by atoms with E-state index < -0.39 is 24.6 Å². The van der Waals surface area contributed by atoms with Gasteiger partial charge in [-0.3, -0.25) is 9.48 Å². The summed E-state index contributed by atoms with van der Waals surface area (Å²) in [7, 11) is 0. The van der Waals surface area contributed by atoms with Gasteiger partial charge in [0.25, 0.3) is 6.43 Å². The molecule has 1 aliphatic rings. The van der Waals surface area contributed by atoms with Gasteiger partial charge in [-0.2, -0.15) is 13.9 Å². The summed E-state index contributed by atoms with van der Waals surface area (Å²) >= 11 is 8.98. The molecular formula is C16H13BrClF4N3O2. The standard InChI is InChI=1S/C16H13BrClF4N3O2/c17-12-13(15(19)20)24-25(14(12)7-1-2-7)6-11(26)23-8-3-4-10(9(18)5-8)27-16(21)22/h3-5,7,15-16H,1-2,6H2,(H,23,26). The SMILES string of the molecule is O=C(Cn1nc(C(F)F)c(Br)c1C1CC1)Nc1ccc(OC(F)F)c(Cl)c1. The Morgan fingerprint density at radius 2 is 2.07 bits per heavy atom. The molecule has 0 atom stereocenters. The highest BCUT2D eigenvalue weighted by atomic mass is 79.9. The van der Waals surface area contributed by atoms with Crippen LogP contribution in [0.15, 0.2) is 22.7 Å². The number of anilines is 1. The lowest BCUT2D eigenvalue weighted by Crippen LogP contribution is -2.21. The third-order valence-electron chi connectivity index (χ3n) is 3.85. The van der Waals surface area contributed by atoms with Crippen molar-refractivity contribution < 1.29 is 27.1 Å². The number of carbonyl (C=O) groups excluding carboxylic acids is 1. The number of carbonyl (C=O) groups is 1. The van der Waals surface area contributed by atoms with Crippen LogP contribution in [0.25, 0.3) is 0 Å². The van der Waals surface area contributed by atoms with E-state index in [0.717, 1.165) is 12.8 Å². The second-order valence-corrected chi connectivity index (χ2v) is 7.09. The highest BCUT2D eigenvalue weighted by molar-refractivity contribution is 9.10. The first-order valence-corrected chi connectivity index (χ1v) is 9.01. The number of alkyl halides is 4. The Bertz CT molecular complexity index is 858. The monoisotopic (exact) mass is 469 g/mol. The maximum absolute atomic E-state index is 13.1. The lowest BCUT2D eigenvalue weighted by Gasteiger charge is -2.11. The lowest BCUT2D eigenvalue weighted by molar-refractivity contribution is -0.117. The molecule has 0 unspecified atom stereocenters. The van der Waals surface area contributed by atoms with E-state index in [4.69, 9.17) is 11.6 Å². The number of hydrogen-bond acceptors (Lipinski definition) is 3. The Labute approximate surface area is 164 Å². The molecule has 0 spiro atoms. The molecule has 1 aromatic heterocycles. The van der Waals surface area contributed by atoms with E-state index in [9.17, 15) is 22.4 Å². The Balaban J connectivity index is 1.73. The van der Waals surface area contributed by atoms with E-state index in [-0.39, 0.29) is 33.4 Å². The third kappa shape index (κ3) is 4.73. The molecule has 27 heavy (non-hydrogen) atoms. The summed E-state index contributed by atoms with van der Waals surface area (Å²) in [5, 5.41) is 6.27. The maximum Gasteiger partial charge on any atom is 0.387 e. The molecule has 1 fully saturated rings. The maximum atomic E-state index is 13.1. The van der Waals surface area contributed by atoms with Crippen LogP contribution in [-0.2, 0) is 11.3 Å². The van der Waals surface area contributed by atoms with Crippen LogP contribution in [0.1, 0.15) is 36.6 Å². The summed E-state index contributed by atoms with van der Waals surface area (Å²) in [5.41, 5.74) is 0.417. The Kier molecular flexibility index (Phi) is 5.95. The minimum atomic E-state index is -3.02. The molecule has 1 aromatic carbocycles. The van der Waals surface area contributed by atoms with E-state index in [0.29, 0.717) is 5.69 Å². The molecule has 1 heterocycles. The van der Waals surface area contributed by atoms with Crippen molar-refractivity contribution in [2.45, 2.75) is 38.3 Å². The number of amides is 1. The zero-order valence-corrected chi connectivity index (χ0v) is 15.9. The molecule has 0 radical (unpaired) electrons. The predicted molar refractivity (Wildman–Crippen MR) is 93.6 cm³/mol. The van der Waals surface area contributed by atoms with Crippen molar-refractivity contribution in [2.75, 3.05) is 5.32 Å². The predicted octanol–water partition coefficient (Wildman–Crippen LogP) is 5.35. The minimum Gasteiger partial charge on any atom is -0.433 e. The molecule has 0 bridgehead atoms. The molecule has 0 aliphatic heterocycles. The fraction of sp³-hybridized carbons (Fsp3) is 0.375. The van der Waals surface area contributed by atoms with Gasteiger partial charge in [-0.1, -0.05) is 11.6 Å². The molecule has 146 valence electrons. The summed E-state index contributed by atoms with van der Waals surface area (Å²) in [4.78, 5) is 12.3. The van der Waals surface area contributed by atoms with Gasteiger partial charge in [0.1, 0.15) is 18.0 Å². The molecule has 1 N–H and O–H groups in total. The van der Waals surface area contributed by atoms with Crippen molar-refractivity contribution in [1.29, 1.82) is 0 Å². The van der Waals surface area contributed by atoms with Gasteiger partial charge in [-0.25, -0.2) is 8.78 Å². The van der Waals surface area contributed by atoms with Gasteiger partial charge >= 0.3 is 6.61 Å². The third-order valence-corrected chi connectivity index (χ3v) is 4.96. The number of halogens is 6. The zero-order chi connectivity index (χ0) is 19.7. The Morgan fingerprint density at radius 3 is 2.63 bits per heavy atom. The second kappa shape index (κ2) is 8.05. The van der Waals surface area contributed by atoms with Crippen molar-refractivity contribution in [3.8, 4) is 5.75 Å². The van der Waals surface area contributed by atoms with Gasteiger partial charge < -0.3 is 10.1 Å². The summed E-state index contributed by atoms with van der Waals surface area (Å²) in [6.45, 7) is -3.30. The fourth-order valence-electron chi connectivity index (χ4n) is 2.59. The molecule has 11 heteroatoms. The highest BCUT2D eigenvalue weighted by Crippen LogP contribution is 2.45. The van der Waals surface area contributed by atoms with Crippen LogP contribution >= 0.6 is 27.5 Å². The van der Waals surface area contributed by atoms with Crippen LogP contribution in [0.2, 0.25) is 5.02 Å². The van der Waals surface area contributed by atoms with E-state index in [1.807, 2.05) is 0 Å². The van der Waals surface area contributed by atoms with E-state index >= 15 is 0 Å². The van der Waals surface area contributed by atoms with E-state index in [2.05, 4.69) is 31.1 Å². The topological polar surface area (TPSA) is 56.2 Å². The molecule has 2 aromatic rings. The number of nitrogens with one attached hydrogen (secondary N) is 1. The Morgan fingerprint density at radius 1 is 1.37 bits per heavy atom. The molecule has 1 amide bonds. The van der Waals surface area contributed by atoms with Crippen LogP contribution < -0.4 is 10.1 Å². The van der Waals surface area contributed by atoms with Crippen LogP contribution in [0.5, 0.6) is 5.75 Å². The van der Waals surface area contributed by atoms with Crippen molar-refractivity contribution in [2.24, 2.45) is 0 Å². The number of benzene rings is 1. The van der Waals surface area contributed by atoms with Crippen molar-refractivity contribution >= 4 is 39.1 Å². The van der Waals surface area contributed by atoms with Gasteiger partial charge in [0, 0.05) is 11.6 Å². The summed E-state index contributed by atoms with van der Waals surface area (Å²) in [6.07, 6.45) is -1.08. The van der Waals surface area contributed by atoms with Crippen LogP contribution in [0.4, 0.5) is 23.2 Å². The van der Waals surface area contributed by atoms with Gasteiger partial charge in [0.15, 0.2) is 0 Å². The normalized spacial score (nSPS) is 14.1. The second-order valence-electron chi connectivity index (χ2n) is 5.89. The first-order chi connectivity index (χ1) is 12.8. The Hall–Kier alpha value is -1.81. The van der Waals surface area contributed by atoms with Gasteiger partial charge in [0.05, 0.1) is 15.2 Å². The largest absolute Gasteiger partial charge is 0.433 e. The van der Waals surface area contributed by atoms with Gasteiger partial charge in [-0.15, -0.1) is 0 Å². The first-order valence-electron chi connectivity index (χ1n) is 7.84. The fourth-order valence-corrected chi connectivity index (χ4v) is 3.59. The molecule has 1 aliphatic carbocycles. The van der Waals surface area contributed by atoms with E-state index in [1.54, 1.807) is 0 Å². The van der Waals surface area contributed by atoms with Gasteiger partial charge in [-0.05, 0) is 47.0 Å². The van der Waals surface area contributed by atoms with Crippen LogP contribution in [0, 0.1) is 0 Å². The average molecular weight is 471 g/mol. The van der Waals surface area contributed by atoms with Crippen LogP contribution in [-0.4, -0.2) is 22.3 Å². The molecule has 5 nitrogen and oxygen atoms in total. The van der Waals surface area contributed by atoms with E-state index in [1.165, 1.54) is 22.9 Å². The first kappa shape index (κ1) is 19.9. The van der Waals surface area contributed by atoms with Crippen molar-refractivity contribution in [3.63, 3.8) is 0 Å². The zero-order valence-electron chi connectivity index (χ0n) is 13.6. The highest BCUT2D eigenvalue weighted by Gasteiger charge is 2.34. The molecular weight excluding hydrogens is 458 g/mol. The smallest absolute Gasteiger partial charge is 0.387 e. The number of nitrogens with zero attached hydrogens (tertiary/aromatic N) is 2. The average Bonchev–Trinajstić information content (AvgIpc) is 3.34. The molecule has 1 saturated carbocycles.